The minimum Gasteiger partial charge on any atom is -0.506 e. The number of benzene rings is 1. The molecule has 0 aliphatic carbocycles. The van der Waals surface area contributed by atoms with Crippen molar-refractivity contribution in [2.45, 2.75) is 25.5 Å². The Kier molecular flexibility index (Phi) is 9.93. The number of phenols is 1. The Bertz CT molecular complexity index is 1300. The van der Waals surface area contributed by atoms with Gasteiger partial charge in [0.05, 0.1) is 48.8 Å². The summed E-state index contributed by atoms with van der Waals surface area (Å²) in [5, 5.41) is 30.5. The van der Waals surface area contributed by atoms with Gasteiger partial charge in [-0.1, -0.05) is 23.2 Å². The number of nitrogens with zero attached hydrogens (tertiary/aromatic N) is 1. The number of aromatic amines is 1. The monoisotopic (exact) mass is 568 g/mol. The van der Waals surface area contributed by atoms with Gasteiger partial charge in [0.25, 0.3) is 11.5 Å². The number of ether oxygens (including phenoxy) is 1. The van der Waals surface area contributed by atoms with E-state index < -0.39 is 42.0 Å². The maximum atomic E-state index is 12.7. The third kappa shape index (κ3) is 7.84. The highest BCUT2D eigenvalue weighted by Gasteiger charge is 2.24. The van der Waals surface area contributed by atoms with Crippen molar-refractivity contribution >= 4 is 52.6 Å². The zero-order valence-corrected chi connectivity index (χ0v) is 21.7. The minimum atomic E-state index is -1.05. The van der Waals surface area contributed by atoms with Crippen molar-refractivity contribution in [1.29, 1.82) is 0 Å². The van der Waals surface area contributed by atoms with Crippen LogP contribution in [0.2, 0.25) is 10.0 Å². The molecular weight excluding hydrogens is 543 g/mol. The predicted molar refractivity (Wildman–Crippen MR) is 140 cm³/mol. The number of aliphatic imine (C=N–C) groups is 1. The molecule has 15 heteroatoms. The Morgan fingerprint density at radius 3 is 2.71 bits per heavy atom. The molecule has 204 valence electrons. The standard InChI is InChI=1S/C23H26Cl2N6O7/c1-2-38-19(34)6-16(14-4-12(24)5-15(25)20(14)35)30-18(33)10-27-21(36)11-3-17(22(37)26-7-11)31-23-28-8-13(32)9-29-23/h3-5,7,13,16,32,35H,2,6,8-10H2,1H3,(H,26,37)(H,27,36)(H,30,33)(H2,28,29,31)/t16-/m0/s1. The molecule has 2 atom stereocenters. The molecule has 3 rings (SSSR count). The van der Waals surface area contributed by atoms with Crippen molar-refractivity contribution in [2.24, 2.45) is 4.99 Å². The molecule has 0 fully saturated rings. The van der Waals surface area contributed by atoms with Crippen LogP contribution in [0.4, 0.5) is 5.69 Å². The quantitative estimate of drug-likeness (QED) is 0.212. The number of nitrogens with one attached hydrogen (secondary N) is 5. The largest absolute Gasteiger partial charge is 0.506 e. The summed E-state index contributed by atoms with van der Waals surface area (Å²) in [6, 6.07) is 2.88. The maximum Gasteiger partial charge on any atom is 0.308 e. The number of pyridine rings is 1. The average molecular weight is 569 g/mol. The van der Waals surface area contributed by atoms with Crippen molar-refractivity contribution < 1.29 is 29.3 Å². The Labute approximate surface area is 226 Å². The van der Waals surface area contributed by atoms with Gasteiger partial charge in [0, 0.05) is 23.3 Å². The molecule has 1 aliphatic heterocycles. The normalized spacial score (nSPS) is 15.5. The lowest BCUT2D eigenvalue weighted by Crippen LogP contribution is -2.43. The minimum absolute atomic E-state index is 0.0209. The Morgan fingerprint density at radius 1 is 1.26 bits per heavy atom. The number of aromatic hydroxyl groups is 1. The van der Waals surface area contributed by atoms with Crippen LogP contribution < -0.4 is 26.8 Å². The summed E-state index contributed by atoms with van der Waals surface area (Å²) >= 11 is 12.0. The maximum absolute atomic E-state index is 12.7. The fourth-order valence-corrected chi connectivity index (χ4v) is 3.94. The number of rotatable bonds is 9. The van der Waals surface area contributed by atoms with Crippen molar-refractivity contribution in [1.82, 2.24) is 20.9 Å². The number of phenolic OH excluding ortho intramolecular Hbond substituents is 1. The van der Waals surface area contributed by atoms with Gasteiger partial charge in [0.1, 0.15) is 11.4 Å². The number of carbonyl (C=O) groups excluding carboxylic acids is 3. The van der Waals surface area contributed by atoms with Crippen LogP contribution in [0.1, 0.15) is 35.3 Å². The van der Waals surface area contributed by atoms with E-state index in [0.29, 0.717) is 0 Å². The number of hydrogen-bond donors (Lipinski definition) is 7. The number of anilines is 1. The molecule has 0 saturated carbocycles. The second-order valence-corrected chi connectivity index (χ2v) is 8.96. The van der Waals surface area contributed by atoms with Crippen LogP contribution in [-0.2, 0) is 14.3 Å². The highest BCUT2D eigenvalue weighted by molar-refractivity contribution is 6.35. The number of aliphatic hydroxyl groups excluding tert-OH is 1. The first kappa shape index (κ1) is 28.8. The van der Waals surface area contributed by atoms with Gasteiger partial charge in [-0.15, -0.1) is 0 Å². The summed E-state index contributed by atoms with van der Waals surface area (Å²) < 4.78 is 4.94. The Balaban J connectivity index is 1.67. The molecule has 13 nitrogen and oxygen atoms in total. The summed E-state index contributed by atoms with van der Waals surface area (Å²) in [6.07, 6.45) is 0.205. The van der Waals surface area contributed by atoms with E-state index in [1.165, 1.54) is 24.4 Å². The SMILES string of the molecule is CCOC(=O)C[C@H](NC(=O)CNC(=O)c1c[nH]c(=O)c(NC2=NCC(O)CN2)c1)c1cc(Cl)cc(Cl)c1O. The number of β-amino-alcohol motifs (C(OH)–C–C–N with tert-alkyl or cyclic N) is 1. The highest BCUT2D eigenvalue weighted by Crippen LogP contribution is 2.36. The van der Waals surface area contributed by atoms with E-state index in [9.17, 15) is 29.4 Å². The average Bonchev–Trinajstić information content (AvgIpc) is 2.87. The Hall–Kier alpha value is -3.81. The smallest absolute Gasteiger partial charge is 0.308 e. The Morgan fingerprint density at radius 2 is 2.03 bits per heavy atom. The van der Waals surface area contributed by atoms with Crippen LogP contribution in [0.5, 0.6) is 5.75 Å². The van der Waals surface area contributed by atoms with Crippen molar-refractivity contribution in [3.8, 4) is 5.75 Å². The van der Waals surface area contributed by atoms with E-state index in [0.717, 1.165) is 0 Å². The van der Waals surface area contributed by atoms with E-state index in [1.807, 2.05) is 0 Å². The van der Waals surface area contributed by atoms with Crippen molar-refractivity contribution in [3.05, 3.63) is 55.9 Å². The second kappa shape index (κ2) is 13.1. The summed E-state index contributed by atoms with van der Waals surface area (Å²) in [4.78, 5) is 56.0. The molecule has 2 heterocycles. The fourth-order valence-electron chi connectivity index (χ4n) is 3.44. The molecule has 0 bridgehead atoms. The van der Waals surface area contributed by atoms with Crippen LogP contribution in [-0.4, -0.2) is 71.3 Å². The first-order valence-corrected chi connectivity index (χ1v) is 12.2. The summed E-state index contributed by atoms with van der Waals surface area (Å²) in [6.45, 7) is 1.63. The lowest BCUT2D eigenvalue weighted by molar-refractivity contribution is -0.143. The van der Waals surface area contributed by atoms with Crippen LogP contribution in [0.15, 0.2) is 34.2 Å². The van der Waals surface area contributed by atoms with Gasteiger partial charge in [-0.2, -0.15) is 0 Å². The molecular formula is C23H26Cl2N6O7. The van der Waals surface area contributed by atoms with Gasteiger partial charge in [-0.25, -0.2) is 0 Å². The molecule has 2 aromatic rings. The first-order chi connectivity index (χ1) is 18.1. The topological polar surface area (TPSA) is 194 Å². The number of esters is 1. The van der Waals surface area contributed by atoms with Crippen LogP contribution >= 0.6 is 23.2 Å². The highest BCUT2D eigenvalue weighted by atomic mass is 35.5. The number of amides is 2. The number of carbonyl (C=O) groups is 3. The van der Waals surface area contributed by atoms with E-state index in [1.54, 1.807) is 6.92 Å². The summed E-state index contributed by atoms with van der Waals surface area (Å²) in [5.74, 6) is -2.12. The van der Waals surface area contributed by atoms with Gasteiger partial charge < -0.3 is 41.2 Å². The molecule has 0 saturated heterocycles. The third-order valence-electron chi connectivity index (χ3n) is 5.24. The number of guanidine groups is 1. The van der Waals surface area contributed by atoms with Gasteiger partial charge >= 0.3 is 5.97 Å². The molecule has 0 spiro atoms. The summed E-state index contributed by atoms with van der Waals surface area (Å²) in [7, 11) is 0. The predicted octanol–water partition coefficient (Wildman–Crippen LogP) is 0.660. The van der Waals surface area contributed by atoms with Crippen LogP contribution in [0.3, 0.4) is 0 Å². The zero-order valence-electron chi connectivity index (χ0n) is 20.1. The first-order valence-electron chi connectivity index (χ1n) is 11.4. The summed E-state index contributed by atoms with van der Waals surface area (Å²) in [5.41, 5.74) is -0.360. The second-order valence-electron chi connectivity index (χ2n) is 8.12. The number of aromatic nitrogens is 1. The van der Waals surface area contributed by atoms with E-state index in [4.69, 9.17) is 27.9 Å². The van der Waals surface area contributed by atoms with Crippen molar-refractivity contribution in [3.63, 3.8) is 0 Å². The number of H-pyrrole nitrogens is 1. The molecule has 38 heavy (non-hydrogen) atoms. The molecule has 7 N–H and O–H groups in total. The van der Waals surface area contributed by atoms with E-state index >= 15 is 0 Å². The van der Waals surface area contributed by atoms with E-state index in [-0.39, 0.29) is 64.7 Å². The van der Waals surface area contributed by atoms with Gasteiger partial charge in [-0.3, -0.25) is 24.2 Å². The third-order valence-corrected chi connectivity index (χ3v) is 5.74. The van der Waals surface area contributed by atoms with Gasteiger partial charge in [-0.05, 0) is 25.1 Å². The van der Waals surface area contributed by atoms with Crippen molar-refractivity contribution in [2.75, 3.05) is 31.6 Å². The lowest BCUT2D eigenvalue weighted by atomic mass is 10.0. The molecule has 0 radical (unpaired) electrons. The molecule has 1 unspecified atom stereocenters. The molecule has 2 amide bonds. The van der Waals surface area contributed by atoms with Gasteiger partial charge in [0.2, 0.25) is 5.91 Å². The molecule has 1 aliphatic rings. The lowest BCUT2D eigenvalue weighted by Gasteiger charge is -2.20. The molecule has 1 aromatic heterocycles. The number of hydrogen-bond acceptors (Lipinski definition) is 10. The fraction of sp³-hybridized carbons (Fsp3) is 0.348. The van der Waals surface area contributed by atoms with Gasteiger partial charge in [0.15, 0.2) is 5.96 Å². The zero-order chi connectivity index (χ0) is 27.8. The number of aliphatic hydroxyl groups is 1. The number of halogens is 2. The van der Waals surface area contributed by atoms with Crippen LogP contribution in [0, 0.1) is 0 Å². The van der Waals surface area contributed by atoms with Crippen LogP contribution in [0.25, 0.3) is 0 Å². The molecule has 1 aromatic carbocycles. The van der Waals surface area contributed by atoms with E-state index in [2.05, 4.69) is 31.2 Å².